The Morgan fingerprint density at radius 3 is 2.28 bits per heavy atom. The lowest BCUT2D eigenvalue weighted by Gasteiger charge is -2.15. The molecule has 0 unspecified atom stereocenters. The maximum absolute atomic E-state index is 13.7. The smallest absolute Gasteiger partial charge is 0.242 e. The van der Waals surface area contributed by atoms with Gasteiger partial charge in [0.1, 0.15) is 5.82 Å². The molecule has 160 valence electrons. The zero-order chi connectivity index (χ0) is 20.6. The van der Waals surface area contributed by atoms with Crippen LogP contribution in [0, 0.1) is 5.82 Å². The minimum atomic E-state index is -3.54. The van der Waals surface area contributed by atoms with Crippen molar-refractivity contribution in [2.24, 2.45) is 4.99 Å². The van der Waals surface area contributed by atoms with Crippen molar-refractivity contribution in [3.8, 4) is 0 Å². The predicted molar refractivity (Wildman–Crippen MR) is 126 cm³/mol. The van der Waals surface area contributed by atoms with Crippen LogP contribution in [0.25, 0.3) is 0 Å². The van der Waals surface area contributed by atoms with E-state index in [1.54, 1.807) is 42.5 Å². The van der Waals surface area contributed by atoms with Crippen LogP contribution in [-0.2, 0) is 23.0 Å². The molecular formula is C20H28FIN4O2S. The summed E-state index contributed by atoms with van der Waals surface area (Å²) in [5.74, 6) is 0.324. The quantitative estimate of drug-likeness (QED) is 0.311. The van der Waals surface area contributed by atoms with Crippen molar-refractivity contribution < 1.29 is 12.8 Å². The molecule has 9 heteroatoms. The summed E-state index contributed by atoms with van der Waals surface area (Å²) >= 11 is 0. The first-order valence-corrected chi connectivity index (χ1v) is 10.6. The number of hydrogen-bond acceptors (Lipinski definition) is 3. The molecule has 2 N–H and O–H groups in total. The fraction of sp³-hybridized carbons (Fsp3) is 0.350. The number of rotatable bonds is 8. The van der Waals surface area contributed by atoms with Crippen LogP contribution in [0.2, 0.25) is 0 Å². The molecule has 2 aromatic carbocycles. The highest BCUT2D eigenvalue weighted by molar-refractivity contribution is 14.0. The van der Waals surface area contributed by atoms with Crippen LogP contribution in [0.3, 0.4) is 0 Å². The highest BCUT2D eigenvalue weighted by Gasteiger charge is 2.20. The molecule has 0 heterocycles. The molecule has 0 saturated carbocycles. The molecule has 0 spiro atoms. The second-order valence-electron chi connectivity index (χ2n) is 6.36. The van der Waals surface area contributed by atoms with E-state index >= 15 is 0 Å². The standard InChI is InChI=1S/C20H27FN4O2S.HI/c1-4-22-20(23-14-13-16-9-5-7-11-18(16)21)24-15-17-10-6-8-12-19(17)28(26,27)25(2)3;/h5-12H,4,13-15H2,1-3H3,(H2,22,23,24);1H. The van der Waals surface area contributed by atoms with E-state index in [0.717, 1.165) is 0 Å². The summed E-state index contributed by atoms with van der Waals surface area (Å²) in [6, 6.07) is 13.5. The summed E-state index contributed by atoms with van der Waals surface area (Å²) in [5.41, 5.74) is 1.25. The van der Waals surface area contributed by atoms with Gasteiger partial charge in [-0.05, 0) is 36.6 Å². The van der Waals surface area contributed by atoms with Crippen molar-refractivity contribution >= 4 is 40.0 Å². The summed E-state index contributed by atoms with van der Waals surface area (Å²) in [4.78, 5) is 4.73. The molecule has 0 aliphatic rings. The normalized spacial score (nSPS) is 11.8. The molecule has 0 aliphatic heterocycles. The number of aliphatic imine (C=N–C) groups is 1. The van der Waals surface area contributed by atoms with E-state index in [9.17, 15) is 12.8 Å². The number of sulfonamides is 1. The Balaban J connectivity index is 0.00000420. The van der Waals surface area contributed by atoms with Crippen molar-refractivity contribution in [1.29, 1.82) is 0 Å². The number of benzene rings is 2. The van der Waals surface area contributed by atoms with Crippen LogP contribution in [0.15, 0.2) is 58.4 Å². The molecule has 0 amide bonds. The van der Waals surface area contributed by atoms with Crippen molar-refractivity contribution in [3.63, 3.8) is 0 Å². The fourth-order valence-electron chi connectivity index (χ4n) is 2.61. The Hall–Kier alpha value is -1.72. The molecule has 2 rings (SSSR count). The van der Waals surface area contributed by atoms with Gasteiger partial charge in [-0.3, -0.25) is 0 Å². The van der Waals surface area contributed by atoms with E-state index in [2.05, 4.69) is 15.6 Å². The Morgan fingerprint density at radius 1 is 1.03 bits per heavy atom. The number of guanidine groups is 1. The lowest BCUT2D eigenvalue weighted by atomic mass is 10.1. The highest BCUT2D eigenvalue weighted by Crippen LogP contribution is 2.19. The molecular weight excluding hydrogens is 506 g/mol. The van der Waals surface area contributed by atoms with Gasteiger partial charge in [0.15, 0.2) is 5.96 Å². The number of hydrogen-bond donors (Lipinski definition) is 2. The van der Waals surface area contributed by atoms with E-state index in [1.807, 2.05) is 6.92 Å². The number of halogens is 2. The minimum absolute atomic E-state index is 0. The molecule has 0 aliphatic carbocycles. The fourth-order valence-corrected chi connectivity index (χ4v) is 3.71. The van der Waals surface area contributed by atoms with Crippen molar-refractivity contribution in [2.45, 2.75) is 24.8 Å². The zero-order valence-corrected chi connectivity index (χ0v) is 20.0. The van der Waals surface area contributed by atoms with E-state index in [-0.39, 0.29) is 41.2 Å². The molecule has 2 aromatic rings. The van der Waals surface area contributed by atoms with Crippen LogP contribution in [0.5, 0.6) is 0 Å². The van der Waals surface area contributed by atoms with Gasteiger partial charge in [0, 0.05) is 27.2 Å². The second-order valence-corrected chi connectivity index (χ2v) is 8.48. The van der Waals surface area contributed by atoms with Gasteiger partial charge >= 0.3 is 0 Å². The van der Waals surface area contributed by atoms with Gasteiger partial charge in [-0.15, -0.1) is 24.0 Å². The van der Waals surface area contributed by atoms with Crippen LogP contribution in [0.4, 0.5) is 4.39 Å². The largest absolute Gasteiger partial charge is 0.357 e. The third kappa shape index (κ3) is 7.23. The first-order valence-electron chi connectivity index (χ1n) is 9.12. The van der Waals surface area contributed by atoms with Gasteiger partial charge in [-0.1, -0.05) is 36.4 Å². The average molecular weight is 534 g/mol. The topological polar surface area (TPSA) is 73.8 Å². The summed E-state index contributed by atoms with van der Waals surface area (Å²) in [5, 5.41) is 6.28. The molecule has 0 fully saturated rings. The Kier molecular flexibility index (Phi) is 10.5. The van der Waals surface area contributed by atoms with Crippen LogP contribution in [0.1, 0.15) is 18.1 Å². The molecule has 29 heavy (non-hydrogen) atoms. The van der Waals surface area contributed by atoms with Crippen molar-refractivity contribution in [3.05, 3.63) is 65.5 Å². The first kappa shape index (κ1) is 25.3. The monoisotopic (exact) mass is 534 g/mol. The van der Waals surface area contributed by atoms with Crippen LogP contribution >= 0.6 is 24.0 Å². The van der Waals surface area contributed by atoms with E-state index < -0.39 is 10.0 Å². The van der Waals surface area contributed by atoms with E-state index in [1.165, 1.54) is 24.5 Å². The Labute approximate surface area is 189 Å². The SMILES string of the molecule is CCNC(=NCc1ccccc1S(=O)(=O)N(C)C)NCCc1ccccc1F.I. The molecule has 0 saturated heterocycles. The number of nitrogens with one attached hydrogen (secondary N) is 2. The van der Waals surface area contributed by atoms with Gasteiger partial charge in [0.25, 0.3) is 0 Å². The van der Waals surface area contributed by atoms with Gasteiger partial charge < -0.3 is 10.6 Å². The summed E-state index contributed by atoms with van der Waals surface area (Å²) in [7, 11) is -0.537. The lowest BCUT2D eigenvalue weighted by molar-refractivity contribution is 0.519. The van der Waals surface area contributed by atoms with Crippen LogP contribution < -0.4 is 10.6 Å². The predicted octanol–water partition coefficient (Wildman–Crippen LogP) is 2.99. The summed E-state index contributed by atoms with van der Waals surface area (Å²) in [6.45, 7) is 3.31. The zero-order valence-electron chi connectivity index (χ0n) is 16.9. The van der Waals surface area contributed by atoms with Gasteiger partial charge in [0.05, 0.1) is 11.4 Å². The third-order valence-corrected chi connectivity index (χ3v) is 6.04. The lowest BCUT2D eigenvalue weighted by Crippen LogP contribution is -2.38. The Morgan fingerprint density at radius 2 is 1.66 bits per heavy atom. The molecule has 0 radical (unpaired) electrons. The van der Waals surface area contributed by atoms with Crippen LogP contribution in [-0.4, -0.2) is 45.9 Å². The maximum atomic E-state index is 13.7. The number of nitrogens with zero attached hydrogens (tertiary/aromatic N) is 2. The minimum Gasteiger partial charge on any atom is -0.357 e. The average Bonchev–Trinajstić information content (AvgIpc) is 2.67. The molecule has 0 bridgehead atoms. The molecule has 0 atom stereocenters. The van der Waals surface area contributed by atoms with Gasteiger partial charge in [0.2, 0.25) is 10.0 Å². The van der Waals surface area contributed by atoms with Crippen molar-refractivity contribution in [2.75, 3.05) is 27.2 Å². The maximum Gasteiger partial charge on any atom is 0.242 e. The summed E-state index contributed by atoms with van der Waals surface area (Å²) < 4.78 is 39.9. The van der Waals surface area contributed by atoms with E-state index in [0.29, 0.717) is 36.6 Å². The second kappa shape index (κ2) is 12.1. The van der Waals surface area contributed by atoms with E-state index in [4.69, 9.17) is 0 Å². The summed E-state index contributed by atoms with van der Waals surface area (Å²) in [6.07, 6.45) is 0.517. The van der Waals surface area contributed by atoms with Gasteiger partial charge in [-0.2, -0.15) is 0 Å². The molecule has 6 nitrogen and oxygen atoms in total. The van der Waals surface area contributed by atoms with Gasteiger partial charge in [-0.25, -0.2) is 22.1 Å². The Bertz CT molecular complexity index is 920. The van der Waals surface area contributed by atoms with Crippen molar-refractivity contribution in [1.82, 2.24) is 14.9 Å². The molecule has 0 aromatic heterocycles. The first-order chi connectivity index (χ1) is 13.4. The highest BCUT2D eigenvalue weighted by atomic mass is 127. The third-order valence-electron chi connectivity index (χ3n) is 4.13.